The van der Waals surface area contributed by atoms with Crippen molar-refractivity contribution in [2.75, 3.05) is 0 Å². The van der Waals surface area contributed by atoms with Crippen molar-refractivity contribution in [3.8, 4) is 0 Å². The molecule has 1 atom stereocenters. The largest absolute Gasteiger partial charge is 0.271 e. The molecule has 7 heteroatoms. The Morgan fingerprint density at radius 2 is 1.70 bits per heavy atom. The van der Waals surface area contributed by atoms with Crippen molar-refractivity contribution in [2.24, 2.45) is 5.84 Å². The summed E-state index contributed by atoms with van der Waals surface area (Å²) in [6.45, 7) is 0. The molecule has 0 saturated carbocycles. The van der Waals surface area contributed by atoms with Crippen LogP contribution in [0.2, 0.25) is 10.0 Å². The lowest BCUT2D eigenvalue weighted by Gasteiger charge is -2.20. The van der Waals surface area contributed by atoms with Crippen LogP contribution >= 0.6 is 39.1 Å². The Morgan fingerprint density at radius 3 is 2.20 bits per heavy atom. The van der Waals surface area contributed by atoms with Crippen molar-refractivity contribution in [2.45, 2.75) is 6.04 Å². The monoisotopic (exact) mass is 380 g/mol. The van der Waals surface area contributed by atoms with Gasteiger partial charge in [0.1, 0.15) is 11.6 Å². The molecule has 0 aliphatic carbocycles. The summed E-state index contributed by atoms with van der Waals surface area (Å²) in [6.07, 6.45) is 0. The van der Waals surface area contributed by atoms with Gasteiger partial charge in [-0.1, -0.05) is 45.2 Å². The van der Waals surface area contributed by atoms with E-state index in [4.69, 9.17) is 29.0 Å². The van der Waals surface area contributed by atoms with Crippen LogP contribution in [0, 0.1) is 11.6 Å². The minimum atomic E-state index is -0.923. The fourth-order valence-electron chi connectivity index (χ4n) is 1.89. The minimum absolute atomic E-state index is 0.208. The summed E-state index contributed by atoms with van der Waals surface area (Å²) in [4.78, 5) is 0. The molecule has 0 aliphatic rings. The van der Waals surface area contributed by atoms with E-state index in [0.29, 0.717) is 15.1 Å². The number of rotatable bonds is 3. The zero-order valence-corrected chi connectivity index (χ0v) is 13.0. The third-order valence-electron chi connectivity index (χ3n) is 2.77. The van der Waals surface area contributed by atoms with E-state index in [1.54, 1.807) is 12.1 Å². The van der Waals surface area contributed by atoms with Gasteiger partial charge in [-0.2, -0.15) is 0 Å². The van der Waals surface area contributed by atoms with Crippen LogP contribution in [0.25, 0.3) is 0 Å². The molecule has 0 bridgehead atoms. The quantitative estimate of drug-likeness (QED) is 0.602. The van der Waals surface area contributed by atoms with Gasteiger partial charge in [-0.05, 0) is 29.8 Å². The average molecular weight is 382 g/mol. The Kier molecular flexibility index (Phi) is 4.99. The first-order valence-corrected chi connectivity index (χ1v) is 7.04. The molecule has 0 aromatic heterocycles. The summed E-state index contributed by atoms with van der Waals surface area (Å²) < 4.78 is 28.3. The molecule has 0 aliphatic heterocycles. The highest BCUT2D eigenvalue weighted by atomic mass is 79.9. The minimum Gasteiger partial charge on any atom is -0.271 e. The molecular weight excluding hydrogens is 373 g/mol. The summed E-state index contributed by atoms with van der Waals surface area (Å²) in [5, 5.41) is 0.688. The summed E-state index contributed by atoms with van der Waals surface area (Å²) in [7, 11) is 0. The lowest BCUT2D eigenvalue weighted by molar-refractivity contribution is 0.509. The Labute approximate surface area is 133 Å². The van der Waals surface area contributed by atoms with E-state index >= 15 is 0 Å². The average Bonchev–Trinajstić information content (AvgIpc) is 2.34. The molecule has 0 saturated heterocycles. The van der Waals surface area contributed by atoms with Gasteiger partial charge in [-0.15, -0.1) is 0 Å². The first-order valence-electron chi connectivity index (χ1n) is 5.49. The molecule has 1 unspecified atom stereocenters. The topological polar surface area (TPSA) is 38.0 Å². The molecule has 2 rings (SSSR count). The second-order valence-corrected chi connectivity index (χ2v) is 5.81. The standard InChI is InChI=1S/C13H9BrCl2F2N2/c14-6-3-10(17)12(11(18)4-6)13(20-19)8-2-1-7(15)5-9(8)16/h1-5,13,20H,19H2. The third-order valence-corrected chi connectivity index (χ3v) is 3.79. The van der Waals surface area contributed by atoms with Gasteiger partial charge in [0.15, 0.2) is 0 Å². The lowest BCUT2D eigenvalue weighted by Crippen LogP contribution is -2.30. The second kappa shape index (κ2) is 6.37. The molecule has 2 aromatic carbocycles. The van der Waals surface area contributed by atoms with Gasteiger partial charge in [0, 0.05) is 20.1 Å². The zero-order valence-electron chi connectivity index (χ0n) is 9.93. The molecule has 0 fully saturated rings. The van der Waals surface area contributed by atoms with E-state index in [0.717, 1.165) is 12.1 Å². The van der Waals surface area contributed by atoms with E-state index in [1.807, 2.05) is 0 Å². The maximum atomic E-state index is 14.0. The number of hydrogen-bond donors (Lipinski definition) is 2. The normalized spacial score (nSPS) is 12.5. The lowest BCUT2D eigenvalue weighted by atomic mass is 9.98. The smallest absolute Gasteiger partial charge is 0.132 e. The number of hydrazine groups is 1. The van der Waals surface area contributed by atoms with Crippen molar-refractivity contribution in [3.05, 3.63) is 67.6 Å². The Bertz CT molecular complexity index is 629. The fraction of sp³-hybridized carbons (Fsp3) is 0.0769. The number of nitrogens with two attached hydrogens (primary N) is 1. The first kappa shape index (κ1) is 15.7. The number of hydrogen-bond acceptors (Lipinski definition) is 2. The predicted molar refractivity (Wildman–Crippen MR) is 79.7 cm³/mol. The van der Waals surface area contributed by atoms with E-state index < -0.39 is 17.7 Å². The highest BCUT2D eigenvalue weighted by Crippen LogP contribution is 2.33. The third kappa shape index (κ3) is 3.13. The van der Waals surface area contributed by atoms with Crippen LogP contribution in [0.4, 0.5) is 8.78 Å². The van der Waals surface area contributed by atoms with Gasteiger partial charge < -0.3 is 0 Å². The molecule has 3 N–H and O–H groups in total. The van der Waals surface area contributed by atoms with Gasteiger partial charge in [-0.3, -0.25) is 5.84 Å². The molecule has 2 nitrogen and oxygen atoms in total. The van der Waals surface area contributed by atoms with Crippen molar-refractivity contribution < 1.29 is 8.78 Å². The molecule has 2 aromatic rings. The van der Waals surface area contributed by atoms with Crippen LogP contribution in [-0.4, -0.2) is 0 Å². The fourth-order valence-corrected chi connectivity index (χ4v) is 2.81. The molecule has 106 valence electrons. The van der Waals surface area contributed by atoms with Crippen LogP contribution in [0.3, 0.4) is 0 Å². The van der Waals surface area contributed by atoms with Crippen LogP contribution < -0.4 is 11.3 Å². The highest BCUT2D eigenvalue weighted by molar-refractivity contribution is 9.10. The summed E-state index contributed by atoms with van der Waals surface area (Å²) in [6, 6.07) is 6.02. The van der Waals surface area contributed by atoms with Gasteiger partial charge in [0.2, 0.25) is 0 Å². The maximum absolute atomic E-state index is 14.0. The van der Waals surface area contributed by atoms with Gasteiger partial charge in [0.25, 0.3) is 0 Å². The first-order chi connectivity index (χ1) is 9.43. The molecule has 0 heterocycles. The predicted octanol–water partition coefficient (Wildman–Crippen LogP) is 4.59. The van der Waals surface area contributed by atoms with Gasteiger partial charge >= 0.3 is 0 Å². The van der Waals surface area contributed by atoms with E-state index in [-0.39, 0.29) is 10.6 Å². The second-order valence-electron chi connectivity index (χ2n) is 4.05. The van der Waals surface area contributed by atoms with Crippen LogP contribution in [0.5, 0.6) is 0 Å². The Morgan fingerprint density at radius 1 is 1.10 bits per heavy atom. The van der Waals surface area contributed by atoms with Crippen molar-refractivity contribution >= 4 is 39.1 Å². The van der Waals surface area contributed by atoms with Crippen LogP contribution in [0.15, 0.2) is 34.8 Å². The maximum Gasteiger partial charge on any atom is 0.132 e. The molecule has 0 amide bonds. The molecule has 20 heavy (non-hydrogen) atoms. The van der Waals surface area contributed by atoms with Gasteiger partial charge in [-0.25, -0.2) is 14.2 Å². The highest BCUT2D eigenvalue weighted by Gasteiger charge is 2.23. The zero-order chi connectivity index (χ0) is 14.9. The summed E-state index contributed by atoms with van der Waals surface area (Å²) >= 11 is 14.9. The van der Waals surface area contributed by atoms with Gasteiger partial charge in [0.05, 0.1) is 6.04 Å². The molecule has 0 radical (unpaired) electrons. The summed E-state index contributed by atoms with van der Waals surface area (Å²) in [5.74, 6) is 3.97. The number of benzene rings is 2. The van der Waals surface area contributed by atoms with E-state index in [9.17, 15) is 8.78 Å². The summed E-state index contributed by atoms with van der Waals surface area (Å²) in [5.41, 5.74) is 2.59. The number of nitrogens with one attached hydrogen (secondary N) is 1. The van der Waals surface area contributed by atoms with E-state index in [1.165, 1.54) is 6.07 Å². The van der Waals surface area contributed by atoms with Crippen LogP contribution in [0.1, 0.15) is 17.2 Å². The molecular formula is C13H9BrCl2F2N2. The van der Waals surface area contributed by atoms with Crippen molar-refractivity contribution in [1.29, 1.82) is 0 Å². The Balaban J connectivity index is 2.58. The number of halogens is 5. The van der Waals surface area contributed by atoms with E-state index in [2.05, 4.69) is 21.4 Å². The van der Waals surface area contributed by atoms with Crippen molar-refractivity contribution in [3.63, 3.8) is 0 Å². The SMILES string of the molecule is NNC(c1ccc(Cl)cc1Cl)c1c(F)cc(Br)cc1F. The Hall–Kier alpha value is -0.720. The van der Waals surface area contributed by atoms with Crippen LogP contribution in [-0.2, 0) is 0 Å². The molecule has 0 spiro atoms. The van der Waals surface area contributed by atoms with Crippen molar-refractivity contribution in [1.82, 2.24) is 5.43 Å².